The molecule has 3 saturated heterocycles. The Morgan fingerprint density at radius 3 is 2.84 bits per heavy atom. The normalized spacial score (nSPS) is 31.1. The Balaban J connectivity index is 1.69. The number of carbonyl (C=O) groups is 3. The van der Waals surface area contributed by atoms with Crippen molar-refractivity contribution in [3.63, 3.8) is 0 Å². The van der Waals surface area contributed by atoms with Crippen molar-refractivity contribution >= 4 is 23.5 Å². The van der Waals surface area contributed by atoms with Crippen LogP contribution in [0.15, 0.2) is 18.2 Å². The molecule has 5 atom stereocenters. The molecule has 8 nitrogen and oxygen atoms in total. The van der Waals surface area contributed by atoms with E-state index < -0.39 is 35.6 Å². The predicted octanol–water partition coefficient (Wildman–Crippen LogP) is 1.56. The van der Waals surface area contributed by atoms with E-state index in [1.807, 2.05) is 32.0 Å². The molecule has 2 N–H and O–H groups in total. The van der Waals surface area contributed by atoms with Gasteiger partial charge in [-0.25, -0.2) is 0 Å². The number of anilines is 1. The molecule has 3 heterocycles. The number of esters is 1. The Morgan fingerprint density at radius 2 is 2.13 bits per heavy atom. The minimum Gasteiger partial charge on any atom is -0.466 e. The third kappa shape index (κ3) is 3.42. The van der Waals surface area contributed by atoms with E-state index in [2.05, 4.69) is 5.32 Å². The smallest absolute Gasteiger partial charge is 0.312 e. The molecule has 1 aromatic carbocycles. The fourth-order valence-electron chi connectivity index (χ4n) is 5.51. The van der Waals surface area contributed by atoms with Crippen molar-refractivity contribution in [3.05, 3.63) is 29.3 Å². The summed E-state index contributed by atoms with van der Waals surface area (Å²) in [5.41, 5.74) is 1.57. The lowest BCUT2D eigenvalue weighted by Crippen LogP contribution is -2.53. The van der Waals surface area contributed by atoms with Crippen LogP contribution < -0.4 is 5.32 Å². The van der Waals surface area contributed by atoms with Gasteiger partial charge in [0.25, 0.3) is 0 Å². The molecular formula is C23H30N2O6. The van der Waals surface area contributed by atoms with E-state index in [4.69, 9.17) is 9.47 Å². The van der Waals surface area contributed by atoms with Gasteiger partial charge in [-0.1, -0.05) is 12.1 Å². The first-order valence-corrected chi connectivity index (χ1v) is 11.0. The number of fused-ring (bicyclic) bond motifs is 1. The molecule has 8 heteroatoms. The first-order valence-electron chi connectivity index (χ1n) is 11.0. The van der Waals surface area contributed by atoms with Crippen molar-refractivity contribution in [3.8, 4) is 0 Å². The van der Waals surface area contributed by atoms with Gasteiger partial charge in [0.2, 0.25) is 11.8 Å². The van der Waals surface area contributed by atoms with Crippen LogP contribution in [0, 0.1) is 25.7 Å². The number of likely N-dealkylation sites (tertiary alicyclic amines) is 1. The lowest BCUT2D eigenvalue weighted by atomic mass is 9.70. The minimum atomic E-state index is -1.05. The highest BCUT2D eigenvalue weighted by molar-refractivity contribution is 6.03. The van der Waals surface area contributed by atoms with Gasteiger partial charge in [0.05, 0.1) is 24.5 Å². The molecule has 1 spiro atoms. The Morgan fingerprint density at radius 1 is 1.35 bits per heavy atom. The number of amides is 2. The third-order valence-corrected chi connectivity index (χ3v) is 6.82. The van der Waals surface area contributed by atoms with Gasteiger partial charge in [0.15, 0.2) is 0 Å². The lowest BCUT2D eigenvalue weighted by Gasteiger charge is -2.33. The average Bonchev–Trinajstić information content (AvgIpc) is 3.36. The number of aliphatic hydroxyl groups excluding tert-OH is 1. The molecular weight excluding hydrogens is 400 g/mol. The number of aryl methyl sites for hydroxylation is 2. The van der Waals surface area contributed by atoms with Gasteiger partial charge < -0.3 is 24.8 Å². The molecule has 2 amide bonds. The molecule has 3 fully saturated rings. The number of nitrogens with zero attached hydrogens (tertiary/aromatic N) is 1. The molecule has 0 radical (unpaired) electrons. The third-order valence-electron chi connectivity index (χ3n) is 6.82. The molecule has 3 aliphatic rings. The summed E-state index contributed by atoms with van der Waals surface area (Å²) in [6.45, 7) is 5.93. The summed E-state index contributed by atoms with van der Waals surface area (Å²) in [5, 5.41) is 12.3. The standard InChI is InChI=1S/C23H30N2O6/c1-4-30-22(29)17-16-8-9-23(31-16)18(17)21(28)25(10-5-11-26)19(23)20(27)24-15-12-13(2)6-7-14(15)3/h6-7,12,16-19,26H,4-5,8-11H2,1-3H3,(H,24,27)/t16-,17+,18-,19?,23?/m0/s1. The number of hydrogen-bond donors (Lipinski definition) is 2. The van der Waals surface area contributed by atoms with E-state index in [-0.39, 0.29) is 31.6 Å². The minimum absolute atomic E-state index is 0.0996. The number of nitrogens with one attached hydrogen (secondary N) is 1. The fourth-order valence-corrected chi connectivity index (χ4v) is 5.51. The number of ether oxygens (including phenoxy) is 2. The Kier molecular flexibility index (Phi) is 5.79. The van der Waals surface area contributed by atoms with Gasteiger partial charge in [-0.2, -0.15) is 0 Å². The summed E-state index contributed by atoms with van der Waals surface area (Å²) in [6, 6.07) is 4.94. The number of aliphatic hydroxyl groups is 1. The van der Waals surface area contributed by atoms with Crippen LogP contribution in [0.1, 0.15) is 37.3 Å². The first-order chi connectivity index (χ1) is 14.8. The first kappa shape index (κ1) is 21.8. The van der Waals surface area contributed by atoms with E-state index >= 15 is 0 Å². The second-order valence-corrected chi connectivity index (χ2v) is 8.72. The van der Waals surface area contributed by atoms with Crippen LogP contribution in [-0.2, 0) is 23.9 Å². The fraction of sp³-hybridized carbons (Fsp3) is 0.609. The topological polar surface area (TPSA) is 105 Å². The summed E-state index contributed by atoms with van der Waals surface area (Å²) in [4.78, 5) is 41.2. The molecule has 4 rings (SSSR count). The predicted molar refractivity (Wildman–Crippen MR) is 112 cm³/mol. The maximum Gasteiger partial charge on any atom is 0.312 e. The van der Waals surface area contributed by atoms with Crippen LogP contribution >= 0.6 is 0 Å². The zero-order valence-electron chi connectivity index (χ0n) is 18.2. The van der Waals surface area contributed by atoms with Gasteiger partial charge in [0.1, 0.15) is 11.6 Å². The molecule has 3 aliphatic heterocycles. The second-order valence-electron chi connectivity index (χ2n) is 8.72. The van der Waals surface area contributed by atoms with Gasteiger partial charge in [0, 0.05) is 18.8 Å². The average molecular weight is 431 g/mol. The van der Waals surface area contributed by atoms with E-state index in [0.717, 1.165) is 11.1 Å². The van der Waals surface area contributed by atoms with Gasteiger partial charge in [-0.05, 0) is 57.2 Å². The zero-order valence-corrected chi connectivity index (χ0v) is 18.2. The maximum absolute atomic E-state index is 13.6. The molecule has 0 aromatic heterocycles. The Labute approximate surface area is 181 Å². The molecule has 2 bridgehead atoms. The van der Waals surface area contributed by atoms with Crippen LogP contribution in [0.3, 0.4) is 0 Å². The van der Waals surface area contributed by atoms with Crippen molar-refractivity contribution in [1.29, 1.82) is 0 Å². The van der Waals surface area contributed by atoms with Crippen LogP contribution in [-0.4, -0.2) is 65.3 Å². The van der Waals surface area contributed by atoms with Gasteiger partial charge in [-0.3, -0.25) is 14.4 Å². The zero-order chi connectivity index (χ0) is 22.3. The highest BCUT2D eigenvalue weighted by atomic mass is 16.6. The van der Waals surface area contributed by atoms with Crippen molar-refractivity contribution in [2.24, 2.45) is 11.8 Å². The Hall–Kier alpha value is -2.45. The van der Waals surface area contributed by atoms with E-state index in [9.17, 15) is 19.5 Å². The number of rotatable bonds is 7. The van der Waals surface area contributed by atoms with Crippen molar-refractivity contribution in [2.45, 2.75) is 57.8 Å². The highest BCUT2D eigenvalue weighted by Crippen LogP contribution is 2.58. The molecule has 31 heavy (non-hydrogen) atoms. The molecule has 1 aromatic rings. The molecule has 2 unspecified atom stereocenters. The van der Waals surface area contributed by atoms with Crippen LogP contribution in [0.2, 0.25) is 0 Å². The number of carbonyl (C=O) groups excluding carboxylic acids is 3. The SMILES string of the molecule is CCOC(=O)[C@@H]1[C@@H]2CCC3(O2)C(C(=O)Nc2cc(C)ccc2C)N(CCCO)C(=O)[C@H]13. The summed E-state index contributed by atoms with van der Waals surface area (Å²) in [5.74, 6) is -2.47. The van der Waals surface area contributed by atoms with Crippen LogP contribution in [0.5, 0.6) is 0 Å². The van der Waals surface area contributed by atoms with Crippen molar-refractivity contribution in [2.75, 3.05) is 25.1 Å². The number of hydrogen-bond acceptors (Lipinski definition) is 6. The lowest BCUT2D eigenvalue weighted by molar-refractivity contribution is -0.154. The van der Waals surface area contributed by atoms with Gasteiger partial charge >= 0.3 is 5.97 Å². The van der Waals surface area contributed by atoms with Crippen LogP contribution in [0.4, 0.5) is 5.69 Å². The molecule has 0 aliphatic carbocycles. The maximum atomic E-state index is 13.6. The highest BCUT2D eigenvalue weighted by Gasteiger charge is 2.74. The summed E-state index contributed by atoms with van der Waals surface area (Å²) in [7, 11) is 0. The van der Waals surface area contributed by atoms with Crippen molar-refractivity contribution in [1.82, 2.24) is 4.90 Å². The van der Waals surface area contributed by atoms with E-state index in [0.29, 0.717) is 24.9 Å². The monoisotopic (exact) mass is 430 g/mol. The number of benzene rings is 1. The van der Waals surface area contributed by atoms with E-state index in [1.165, 1.54) is 4.90 Å². The largest absolute Gasteiger partial charge is 0.466 e. The molecule has 168 valence electrons. The van der Waals surface area contributed by atoms with E-state index in [1.54, 1.807) is 6.92 Å². The molecule has 0 saturated carbocycles. The quantitative estimate of drug-likeness (QED) is 0.636. The Bertz CT molecular complexity index is 902. The summed E-state index contributed by atoms with van der Waals surface area (Å²) >= 11 is 0. The second kappa shape index (κ2) is 8.24. The summed E-state index contributed by atoms with van der Waals surface area (Å²) < 4.78 is 11.5. The van der Waals surface area contributed by atoms with Crippen molar-refractivity contribution < 1.29 is 29.0 Å². The van der Waals surface area contributed by atoms with Gasteiger partial charge in [-0.15, -0.1) is 0 Å². The van der Waals surface area contributed by atoms with Crippen LogP contribution in [0.25, 0.3) is 0 Å². The summed E-state index contributed by atoms with van der Waals surface area (Å²) in [6.07, 6.45) is 1.07.